The van der Waals surface area contributed by atoms with Gasteiger partial charge in [-0.1, -0.05) is 61.3 Å². The molecule has 0 bridgehead atoms. The predicted molar refractivity (Wildman–Crippen MR) is 55.4 cm³/mol. The van der Waals surface area contributed by atoms with Crippen LogP contribution in [0.15, 0.2) is 10.7 Å². The van der Waals surface area contributed by atoms with Gasteiger partial charge in [-0.2, -0.15) is 0 Å². The Labute approximate surface area is 74.4 Å². The molecule has 0 aliphatic heterocycles. The van der Waals surface area contributed by atoms with Crippen LogP contribution in [0.4, 0.5) is 0 Å². The van der Waals surface area contributed by atoms with Gasteiger partial charge in [0.2, 0.25) is 0 Å². The molecule has 0 rings (SSSR count). The van der Waals surface area contributed by atoms with E-state index in [0.717, 1.165) is 0 Å². The first-order valence-corrected chi connectivity index (χ1v) is 7.07. The second kappa shape index (κ2) is 6.17. The third-order valence-corrected chi connectivity index (χ3v) is 7.09. The molecular formula is C8H17BrSi. The maximum absolute atomic E-state index is 3.97. The highest BCUT2D eigenvalue weighted by molar-refractivity contribution is 9.12. The Kier molecular flexibility index (Phi) is 6.44. The largest absolute Gasteiger partial charge is 0.0934 e. The van der Waals surface area contributed by atoms with Crippen LogP contribution in [0.5, 0.6) is 0 Å². The lowest BCUT2D eigenvalue weighted by Gasteiger charge is -2.10. The molecule has 0 atom stereocenters. The molecule has 0 saturated heterocycles. The van der Waals surface area contributed by atoms with Crippen molar-refractivity contribution in [2.45, 2.75) is 38.8 Å². The lowest BCUT2D eigenvalue weighted by molar-refractivity contribution is 1.01. The Morgan fingerprint density at radius 2 is 1.70 bits per heavy atom. The lowest BCUT2D eigenvalue weighted by Crippen LogP contribution is -2.10. The predicted octanol–water partition coefficient (Wildman–Crippen LogP) is 3.48. The van der Waals surface area contributed by atoms with Gasteiger partial charge < -0.3 is 0 Å². The van der Waals surface area contributed by atoms with Crippen LogP contribution in [0.3, 0.4) is 0 Å². The zero-order valence-electron chi connectivity index (χ0n) is 6.99. The normalized spacial score (nSPS) is 10.4. The highest BCUT2D eigenvalue weighted by Crippen LogP contribution is 2.17. The van der Waals surface area contributed by atoms with E-state index in [1.165, 1.54) is 29.0 Å². The van der Waals surface area contributed by atoms with Crippen LogP contribution >= 0.6 is 15.9 Å². The molecule has 60 valence electrons. The van der Waals surface area contributed by atoms with Gasteiger partial charge in [0.1, 0.15) is 0 Å². The summed E-state index contributed by atoms with van der Waals surface area (Å²) in [6, 6.07) is 2.83. The summed E-state index contributed by atoms with van der Waals surface area (Å²) in [5.74, 6) is 0. The summed E-state index contributed by atoms with van der Waals surface area (Å²) >= 11 is 3.51. The minimum absolute atomic E-state index is 0.585. The molecule has 0 aromatic rings. The van der Waals surface area contributed by atoms with Crippen LogP contribution < -0.4 is 0 Å². The van der Waals surface area contributed by atoms with Gasteiger partial charge in [-0.25, -0.2) is 0 Å². The van der Waals surface area contributed by atoms with E-state index in [1.54, 1.807) is 0 Å². The molecule has 0 nitrogen and oxygen atoms in total. The molecule has 0 aliphatic rings. The van der Waals surface area contributed by atoms with Gasteiger partial charge in [-0.05, 0) is 4.11 Å². The Balaban J connectivity index is 3.61. The van der Waals surface area contributed by atoms with E-state index in [2.05, 4.69) is 36.4 Å². The summed E-state index contributed by atoms with van der Waals surface area (Å²) < 4.78 is 1.32. The van der Waals surface area contributed by atoms with Crippen molar-refractivity contribution in [1.82, 2.24) is 0 Å². The average Bonchev–Trinajstić information content (AvgIpc) is 1.87. The van der Waals surface area contributed by atoms with Crippen LogP contribution in [0.25, 0.3) is 0 Å². The zero-order valence-corrected chi connectivity index (χ0v) is 9.73. The number of hydrogen-bond acceptors (Lipinski definition) is 0. The fourth-order valence-corrected chi connectivity index (χ4v) is 4.84. The van der Waals surface area contributed by atoms with Crippen molar-refractivity contribution in [2.75, 3.05) is 0 Å². The second-order valence-corrected chi connectivity index (χ2v) is 7.83. The van der Waals surface area contributed by atoms with Crippen LogP contribution in [0.2, 0.25) is 12.1 Å². The zero-order chi connectivity index (χ0) is 7.98. The molecule has 0 fully saturated rings. The average molecular weight is 221 g/mol. The molecule has 0 aromatic carbocycles. The first-order valence-electron chi connectivity index (χ1n) is 4.06. The summed E-state index contributed by atoms with van der Waals surface area (Å²) in [6.07, 6.45) is 2.64. The monoisotopic (exact) mass is 220 g/mol. The quantitative estimate of drug-likeness (QED) is 0.623. The smallest absolute Gasteiger partial charge is 0.0790 e. The first-order chi connectivity index (χ1) is 4.72. The molecule has 0 amide bonds. The van der Waals surface area contributed by atoms with Gasteiger partial charge in [-0.15, -0.1) is 0 Å². The Hall–Kier alpha value is 0.437. The Morgan fingerprint density at radius 1 is 1.30 bits per heavy atom. The Bertz CT molecular complexity index is 95.4. The fourth-order valence-electron chi connectivity index (χ4n) is 1.15. The van der Waals surface area contributed by atoms with E-state index < -0.39 is 8.80 Å². The van der Waals surface area contributed by atoms with Crippen LogP contribution in [-0.2, 0) is 0 Å². The molecule has 0 spiro atoms. The SMILES string of the molecule is C=C(Br)[SiH](CCC)CCC. The van der Waals surface area contributed by atoms with Crippen molar-refractivity contribution < 1.29 is 0 Å². The minimum atomic E-state index is -0.585. The van der Waals surface area contributed by atoms with E-state index in [-0.39, 0.29) is 0 Å². The highest BCUT2D eigenvalue weighted by Gasteiger charge is 2.09. The first kappa shape index (κ1) is 10.4. The standard InChI is InChI=1S/C8H17BrSi/c1-4-6-10(7-5-2)8(3)9/h10H,3-7H2,1-2H3. The van der Waals surface area contributed by atoms with Crippen molar-refractivity contribution in [3.8, 4) is 0 Å². The molecular weight excluding hydrogens is 204 g/mol. The molecule has 0 heterocycles. The molecule has 10 heavy (non-hydrogen) atoms. The van der Waals surface area contributed by atoms with Gasteiger partial charge >= 0.3 is 0 Å². The van der Waals surface area contributed by atoms with E-state index in [0.29, 0.717) is 0 Å². The van der Waals surface area contributed by atoms with Crippen molar-refractivity contribution in [1.29, 1.82) is 0 Å². The molecule has 0 radical (unpaired) electrons. The second-order valence-electron chi connectivity index (χ2n) is 2.72. The molecule has 0 N–H and O–H groups in total. The summed E-state index contributed by atoms with van der Waals surface area (Å²) in [7, 11) is -0.585. The van der Waals surface area contributed by atoms with Crippen LogP contribution in [0, 0.1) is 0 Å². The third-order valence-electron chi connectivity index (χ3n) is 1.72. The number of hydrogen-bond donors (Lipinski definition) is 0. The van der Waals surface area contributed by atoms with Crippen molar-refractivity contribution in [3.05, 3.63) is 10.7 Å². The van der Waals surface area contributed by atoms with E-state index in [9.17, 15) is 0 Å². The van der Waals surface area contributed by atoms with Gasteiger partial charge in [0.05, 0.1) is 8.80 Å². The van der Waals surface area contributed by atoms with E-state index in [4.69, 9.17) is 0 Å². The summed E-state index contributed by atoms with van der Waals surface area (Å²) in [5.41, 5.74) is 0. The molecule has 2 heteroatoms. The topological polar surface area (TPSA) is 0 Å². The number of halogens is 1. The highest BCUT2D eigenvalue weighted by atomic mass is 79.9. The summed E-state index contributed by atoms with van der Waals surface area (Å²) in [5, 5.41) is 0. The molecule has 0 saturated carbocycles. The van der Waals surface area contributed by atoms with Gasteiger partial charge in [0.15, 0.2) is 0 Å². The van der Waals surface area contributed by atoms with E-state index in [1.807, 2.05) is 0 Å². The molecule has 0 aromatic heterocycles. The maximum Gasteiger partial charge on any atom is 0.0790 e. The van der Waals surface area contributed by atoms with E-state index >= 15 is 0 Å². The molecule has 0 aliphatic carbocycles. The van der Waals surface area contributed by atoms with Gasteiger partial charge in [0.25, 0.3) is 0 Å². The summed E-state index contributed by atoms with van der Waals surface area (Å²) in [6.45, 7) is 8.48. The Morgan fingerprint density at radius 3 is 1.90 bits per heavy atom. The fraction of sp³-hybridized carbons (Fsp3) is 0.750. The lowest BCUT2D eigenvalue weighted by atomic mass is 10.6. The van der Waals surface area contributed by atoms with Crippen molar-refractivity contribution in [3.63, 3.8) is 0 Å². The third kappa shape index (κ3) is 4.28. The number of rotatable bonds is 5. The van der Waals surface area contributed by atoms with Crippen LogP contribution in [0.1, 0.15) is 26.7 Å². The van der Waals surface area contributed by atoms with Crippen LogP contribution in [-0.4, -0.2) is 8.80 Å². The van der Waals surface area contributed by atoms with Gasteiger partial charge in [0, 0.05) is 0 Å². The minimum Gasteiger partial charge on any atom is -0.0934 e. The summed E-state index contributed by atoms with van der Waals surface area (Å²) in [4.78, 5) is 0. The van der Waals surface area contributed by atoms with Gasteiger partial charge in [-0.3, -0.25) is 0 Å². The maximum atomic E-state index is 3.97. The van der Waals surface area contributed by atoms with Crippen molar-refractivity contribution >= 4 is 24.7 Å². The molecule has 0 unspecified atom stereocenters. The van der Waals surface area contributed by atoms with Crippen molar-refractivity contribution in [2.24, 2.45) is 0 Å².